The first-order valence-corrected chi connectivity index (χ1v) is 7.32. The zero-order valence-corrected chi connectivity index (χ0v) is 14.2. The van der Waals surface area contributed by atoms with Crippen LogP contribution in [0.15, 0.2) is 49.2 Å². The molecule has 2 heterocycles. The maximum Gasteiger partial charge on any atom is 0.0945 e. The van der Waals surface area contributed by atoms with Crippen LogP contribution >= 0.6 is 24.0 Å². The molecule has 2 nitrogen and oxygen atoms in total. The molecule has 0 N–H and O–H groups in total. The van der Waals surface area contributed by atoms with E-state index in [0.29, 0.717) is 0 Å². The Hall–Kier alpha value is -1.77. The second-order valence-corrected chi connectivity index (χ2v) is 5.61. The Morgan fingerprint density at radius 3 is 2.50 bits per heavy atom. The molecule has 0 atom stereocenters. The van der Waals surface area contributed by atoms with Gasteiger partial charge in [-0.05, 0) is 37.6 Å². The third kappa shape index (κ3) is 2.65. The normalized spacial score (nSPS) is 10.5. The molecular formula is C18H18Cl2N2. The van der Waals surface area contributed by atoms with Crippen LogP contribution in [-0.2, 0) is 6.54 Å². The number of hydrogen-bond donors (Lipinski definition) is 0. The predicted molar refractivity (Wildman–Crippen MR) is 97.1 cm³/mol. The van der Waals surface area contributed by atoms with Gasteiger partial charge in [-0.2, -0.15) is 0 Å². The molecule has 0 amide bonds. The summed E-state index contributed by atoms with van der Waals surface area (Å²) in [4.78, 5) is 4.61. The van der Waals surface area contributed by atoms with Crippen molar-refractivity contribution < 1.29 is 0 Å². The van der Waals surface area contributed by atoms with Crippen molar-refractivity contribution in [2.24, 2.45) is 0 Å². The molecule has 22 heavy (non-hydrogen) atoms. The number of allylic oxidation sites excluding steroid dienone is 1. The number of halogens is 2. The lowest BCUT2D eigenvalue weighted by atomic mass is 10.1. The molecule has 2 aromatic heterocycles. The standard InChI is InChI=1S/C18H17ClN2.ClH/c1-4-11-21-13(3)12(2)16-9-10-20-17(18(16)21)14-5-7-15(19)8-6-14;/h4-10H,1,11H2,2-3H3;1H. The van der Waals surface area contributed by atoms with Gasteiger partial charge in [0, 0.05) is 34.4 Å². The summed E-state index contributed by atoms with van der Waals surface area (Å²) < 4.78 is 2.27. The number of benzene rings is 1. The Kier molecular flexibility index (Phi) is 4.94. The highest BCUT2D eigenvalue weighted by molar-refractivity contribution is 6.30. The number of nitrogens with zero attached hydrogens (tertiary/aromatic N) is 2. The molecule has 1 aromatic carbocycles. The third-order valence-corrected chi connectivity index (χ3v) is 4.23. The minimum Gasteiger partial charge on any atom is -0.339 e. The molecule has 0 bridgehead atoms. The zero-order chi connectivity index (χ0) is 15.0. The van der Waals surface area contributed by atoms with Crippen LogP contribution in [0, 0.1) is 13.8 Å². The van der Waals surface area contributed by atoms with E-state index in [9.17, 15) is 0 Å². The monoisotopic (exact) mass is 332 g/mol. The third-order valence-electron chi connectivity index (χ3n) is 3.98. The van der Waals surface area contributed by atoms with E-state index in [4.69, 9.17) is 11.6 Å². The highest BCUT2D eigenvalue weighted by Gasteiger charge is 2.15. The van der Waals surface area contributed by atoms with Crippen LogP contribution in [0.3, 0.4) is 0 Å². The lowest BCUT2D eigenvalue weighted by molar-refractivity contribution is 0.824. The summed E-state index contributed by atoms with van der Waals surface area (Å²) >= 11 is 5.99. The fourth-order valence-electron chi connectivity index (χ4n) is 2.77. The average molecular weight is 333 g/mol. The second-order valence-electron chi connectivity index (χ2n) is 5.17. The topological polar surface area (TPSA) is 17.8 Å². The van der Waals surface area contributed by atoms with Gasteiger partial charge in [0.2, 0.25) is 0 Å². The van der Waals surface area contributed by atoms with E-state index in [-0.39, 0.29) is 12.4 Å². The van der Waals surface area contributed by atoms with E-state index in [1.165, 1.54) is 16.6 Å². The van der Waals surface area contributed by atoms with Crippen molar-refractivity contribution in [3.63, 3.8) is 0 Å². The first-order valence-electron chi connectivity index (χ1n) is 6.94. The number of aromatic nitrogens is 2. The largest absolute Gasteiger partial charge is 0.339 e. The molecule has 0 spiro atoms. The van der Waals surface area contributed by atoms with Crippen LogP contribution in [0.5, 0.6) is 0 Å². The van der Waals surface area contributed by atoms with Crippen molar-refractivity contribution in [1.82, 2.24) is 9.55 Å². The number of pyridine rings is 1. The summed E-state index contributed by atoms with van der Waals surface area (Å²) in [6.07, 6.45) is 3.79. The van der Waals surface area contributed by atoms with Crippen molar-refractivity contribution in [3.05, 3.63) is 65.5 Å². The smallest absolute Gasteiger partial charge is 0.0945 e. The van der Waals surface area contributed by atoms with E-state index < -0.39 is 0 Å². The molecule has 0 aliphatic heterocycles. The molecule has 0 saturated carbocycles. The molecule has 0 aliphatic rings. The van der Waals surface area contributed by atoms with Gasteiger partial charge in [-0.3, -0.25) is 4.98 Å². The van der Waals surface area contributed by atoms with Gasteiger partial charge in [0.15, 0.2) is 0 Å². The van der Waals surface area contributed by atoms with Crippen LogP contribution in [0.25, 0.3) is 22.2 Å². The van der Waals surface area contributed by atoms with Gasteiger partial charge in [0.1, 0.15) is 0 Å². The van der Waals surface area contributed by atoms with Gasteiger partial charge in [0.05, 0.1) is 11.2 Å². The number of aryl methyl sites for hydroxylation is 1. The predicted octanol–water partition coefficient (Wildman–Crippen LogP) is 5.58. The maximum absolute atomic E-state index is 5.99. The van der Waals surface area contributed by atoms with Crippen molar-refractivity contribution in [2.45, 2.75) is 20.4 Å². The van der Waals surface area contributed by atoms with E-state index >= 15 is 0 Å². The Morgan fingerprint density at radius 2 is 1.86 bits per heavy atom. The van der Waals surface area contributed by atoms with Crippen molar-refractivity contribution in [1.29, 1.82) is 0 Å². The highest BCUT2D eigenvalue weighted by Crippen LogP contribution is 2.32. The van der Waals surface area contributed by atoms with Crippen LogP contribution in [-0.4, -0.2) is 9.55 Å². The Morgan fingerprint density at radius 1 is 1.18 bits per heavy atom. The molecule has 0 saturated heterocycles. The lowest BCUT2D eigenvalue weighted by Crippen LogP contribution is -1.99. The number of rotatable bonds is 3. The molecular weight excluding hydrogens is 315 g/mol. The summed E-state index contributed by atoms with van der Waals surface area (Å²) in [7, 11) is 0. The minimum atomic E-state index is 0. The molecule has 0 unspecified atom stereocenters. The van der Waals surface area contributed by atoms with Crippen LogP contribution in [0.1, 0.15) is 11.3 Å². The second kappa shape index (κ2) is 6.55. The quantitative estimate of drug-likeness (QED) is 0.572. The molecule has 0 aliphatic carbocycles. The highest BCUT2D eigenvalue weighted by atomic mass is 35.5. The summed E-state index contributed by atoms with van der Waals surface area (Å²) in [5.74, 6) is 0. The van der Waals surface area contributed by atoms with E-state index in [1.807, 2.05) is 36.5 Å². The van der Waals surface area contributed by atoms with E-state index in [0.717, 1.165) is 28.3 Å². The van der Waals surface area contributed by atoms with Gasteiger partial charge in [0.25, 0.3) is 0 Å². The summed E-state index contributed by atoms with van der Waals surface area (Å²) in [6, 6.07) is 9.91. The van der Waals surface area contributed by atoms with E-state index in [2.05, 4.69) is 36.0 Å². The van der Waals surface area contributed by atoms with E-state index in [1.54, 1.807) is 0 Å². The van der Waals surface area contributed by atoms with Crippen LogP contribution in [0.2, 0.25) is 5.02 Å². The Bertz CT molecular complexity index is 817. The van der Waals surface area contributed by atoms with Crippen molar-refractivity contribution in [2.75, 3.05) is 0 Å². The van der Waals surface area contributed by atoms with Gasteiger partial charge in [-0.25, -0.2) is 0 Å². The van der Waals surface area contributed by atoms with Gasteiger partial charge >= 0.3 is 0 Å². The first-order chi connectivity index (χ1) is 10.1. The van der Waals surface area contributed by atoms with Gasteiger partial charge < -0.3 is 4.57 Å². The first kappa shape index (κ1) is 16.6. The van der Waals surface area contributed by atoms with Crippen LogP contribution in [0.4, 0.5) is 0 Å². The Balaban J connectivity index is 0.00000176. The van der Waals surface area contributed by atoms with Crippen molar-refractivity contribution in [3.8, 4) is 11.3 Å². The van der Waals surface area contributed by atoms with Crippen molar-refractivity contribution >= 4 is 34.9 Å². The molecule has 4 heteroatoms. The Labute approximate surface area is 141 Å². The number of fused-ring (bicyclic) bond motifs is 1. The van der Waals surface area contributed by atoms with Gasteiger partial charge in [-0.1, -0.05) is 29.8 Å². The molecule has 0 radical (unpaired) electrons. The SMILES string of the molecule is C=CCn1c(C)c(C)c2ccnc(-c3ccc(Cl)cc3)c21.Cl. The number of hydrogen-bond acceptors (Lipinski definition) is 1. The molecule has 0 fully saturated rings. The maximum atomic E-state index is 5.99. The average Bonchev–Trinajstić information content (AvgIpc) is 2.74. The fraction of sp³-hybridized carbons (Fsp3) is 0.167. The van der Waals surface area contributed by atoms with Crippen LogP contribution < -0.4 is 0 Å². The minimum absolute atomic E-state index is 0. The summed E-state index contributed by atoms with van der Waals surface area (Å²) in [6.45, 7) is 8.95. The molecule has 3 aromatic rings. The molecule has 3 rings (SSSR count). The summed E-state index contributed by atoms with van der Waals surface area (Å²) in [5.41, 5.74) is 5.78. The van der Waals surface area contributed by atoms with Gasteiger partial charge in [-0.15, -0.1) is 19.0 Å². The zero-order valence-electron chi connectivity index (χ0n) is 12.6. The molecule has 114 valence electrons. The summed E-state index contributed by atoms with van der Waals surface area (Å²) in [5, 5.41) is 1.98. The fourth-order valence-corrected chi connectivity index (χ4v) is 2.90. The lowest BCUT2D eigenvalue weighted by Gasteiger charge is -2.09.